The van der Waals surface area contributed by atoms with Gasteiger partial charge in [0.1, 0.15) is 0 Å². The maximum Gasteiger partial charge on any atom is 0.336 e. The second-order valence-electron chi connectivity index (χ2n) is 7.63. The molecular formula is C26H24N2O2S. The lowest BCUT2D eigenvalue weighted by molar-refractivity contribution is -0.139. The Kier molecular flexibility index (Phi) is 6.11. The second kappa shape index (κ2) is 8.95. The van der Waals surface area contributed by atoms with Crippen molar-refractivity contribution in [3.63, 3.8) is 0 Å². The highest BCUT2D eigenvalue weighted by molar-refractivity contribution is 8.08. The van der Waals surface area contributed by atoms with Gasteiger partial charge >= 0.3 is 5.97 Å². The molecule has 0 amide bonds. The fourth-order valence-corrected chi connectivity index (χ4v) is 5.52. The number of carbonyl (C=O) groups is 1. The maximum atomic E-state index is 12.9. The van der Waals surface area contributed by atoms with Crippen molar-refractivity contribution in [1.82, 2.24) is 0 Å². The van der Waals surface area contributed by atoms with Gasteiger partial charge in [-0.1, -0.05) is 66.4 Å². The summed E-state index contributed by atoms with van der Waals surface area (Å²) in [5, 5.41) is 10.0. The second-order valence-corrected chi connectivity index (χ2v) is 8.69. The van der Waals surface area contributed by atoms with Crippen molar-refractivity contribution in [1.29, 1.82) is 5.26 Å². The highest BCUT2D eigenvalue weighted by Gasteiger charge is 2.39. The lowest BCUT2D eigenvalue weighted by atomic mass is 9.76. The van der Waals surface area contributed by atoms with E-state index in [1.807, 2.05) is 44.2 Å². The summed E-state index contributed by atoms with van der Waals surface area (Å²) in [6.07, 6.45) is 3.06. The fraction of sp³-hybridized carbons (Fsp3) is 0.269. The van der Waals surface area contributed by atoms with E-state index in [2.05, 4.69) is 35.3 Å². The lowest BCUT2D eigenvalue weighted by Gasteiger charge is -2.31. The first-order valence-corrected chi connectivity index (χ1v) is 11.2. The quantitative estimate of drug-likeness (QED) is 0.568. The molecule has 0 spiro atoms. The minimum atomic E-state index is -0.513. The van der Waals surface area contributed by atoms with Crippen LogP contribution in [-0.2, 0) is 16.0 Å². The molecule has 0 radical (unpaired) electrons. The predicted octanol–water partition coefficient (Wildman–Crippen LogP) is 5.91. The van der Waals surface area contributed by atoms with Crippen molar-refractivity contribution >= 4 is 28.3 Å². The van der Waals surface area contributed by atoms with Gasteiger partial charge in [-0.25, -0.2) is 4.79 Å². The van der Waals surface area contributed by atoms with E-state index >= 15 is 0 Å². The molecule has 0 N–H and O–H groups in total. The lowest BCUT2D eigenvalue weighted by Crippen LogP contribution is -2.30. The molecule has 2 unspecified atom stereocenters. The summed E-state index contributed by atoms with van der Waals surface area (Å²) in [7, 11) is 0. The van der Waals surface area contributed by atoms with E-state index in [-0.39, 0.29) is 6.61 Å². The van der Waals surface area contributed by atoms with Gasteiger partial charge in [0.15, 0.2) is 0 Å². The molecule has 5 heteroatoms. The number of hydrogen-bond acceptors (Lipinski definition) is 5. The SMILES string of the molecule is CCOC(=O)C1=C(C)N=C(C)C(C#N)C1c1cccc2c1SC(c1ccccc1)=CC2. The maximum absolute atomic E-state index is 12.9. The molecule has 4 rings (SSSR count). The number of esters is 1. The van der Waals surface area contributed by atoms with Gasteiger partial charge in [0.2, 0.25) is 0 Å². The third-order valence-electron chi connectivity index (χ3n) is 5.70. The van der Waals surface area contributed by atoms with Crippen LogP contribution in [0, 0.1) is 17.2 Å². The zero-order valence-corrected chi connectivity index (χ0v) is 18.7. The topological polar surface area (TPSA) is 62.4 Å². The van der Waals surface area contributed by atoms with E-state index in [9.17, 15) is 10.1 Å². The third-order valence-corrected chi connectivity index (χ3v) is 7.03. The highest BCUT2D eigenvalue weighted by Crippen LogP contribution is 2.48. The van der Waals surface area contributed by atoms with Crippen molar-refractivity contribution in [2.45, 2.75) is 38.0 Å². The Hall–Kier alpha value is -3.10. The number of carbonyl (C=O) groups excluding carboxylic acids is 1. The molecule has 0 saturated carbocycles. The number of thioether (sulfide) groups is 1. The van der Waals surface area contributed by atoms with Gasteiger partial charge < -0.3 is 4.74 Å². The summed E-state index contributed by atoms with van der Waals surface area (Å²) in [5.74, 6) is -1.31. The van der Waals surface area contributed by atoms with E-state index in [4.69, 9.17) is 4.74 Å². The monoisotopic (exact) mass is 428 g/mol. The molecule has 0 fully saturated rings. The van der Waals surface area contributed by atoms with Crippen molar-refractivity contribution in [3.05, 3.63) is 82.6 Å². The molecule has 2 atom stereocenters. The van der Waals surface area contributed by atoms with Crippen molar-refractivity contribution < 1.29 is 9.53 Å². The van der Waals surface area contributed by atoms with Crippen LogP contribution in [0.2, 0.25) is 0 Å². The molecule has 0 saturated heterocycles. The van der Waals surface area contributed by atoms with Crippen LogP contribution in [0.15, 0.2) is 75.8 Å². The first kappa shape index (κ1) is 21.1. The first-order chi connectivity index (χ1) is 15.0. The Morgan fingerprint density at radius 1 is 1.19 bits per heavy atom. The van der Waals surface area contributed by atoms with Gasteiger partial charge in [-0.3, -0.25) is 4.99 Å². The predicted molar refractivity (Wildman–Crippen MR) is 125 cm³/mol. The molecule has 31 heavy (non-hydrogen) atoms. The molecule has 2 aliphatic heterocycles. The summed E-state index contributed by atoms with van der Waals surface area (Å²) in [6, 6.07) is 18.9. The summed E-state index contributed by atoms with van der Waals surface area (Å²) in [4.78, 5) is 19.8. The largest absolute Gasteiger partial charge is 0.463 e. The number of ether oxygens (including phenoxy) is 1. The van der Waals surface area contributed by atoms with Crippen LogP contribution in [0.1, 0.15) is 43.4 Å². The normalized spacial score (nSPS) is 20.3. The van der Waals surface area contributed by atoms with Crippen LogP contribution < -0.4 is 0 Å². The van der Waals surface area contributed by atoms with E-state index in [0.717, 1.165) is 22.6 Å². The van der Waals surface area contributed by atoms with Crippen LogP contribution in [0.25, 0.3) is 4.91 Å². The average Bonchev–Trinajstić information content (AvgIpc) is 2.78. The molecule has 4 nitrogen and oxygen atoms in total. The molecule has 2 aromatic carbocycles. The molecular weight excluding hydrogens is 404 g/mol. The zero-order chi connectivity index (χ0) is 22.0. The summed E-state index contributed by atoms with van der Waals surface area (Å²) in [6.45, 7) is 5.77. The zero-order valence-electron chi connectivity index (χ0n) is 17.9. The standard InChI is InChI=1S/C26H24N2O2S/c1-4-30-26(29)23-17(3)28-16(2)21(15-27)24(23)20-12-8-11-19-13-14-22(31-25(19)20)18-9-6-5-7-10-18/h5-12,14,21,24H,4,13H2,1-3H3. The van der Waals surface area contributed by atoms with Crippen molar-refractivity contribution in [2.75, 3.05) is 6.61 Å². The number of aliphatic imine (C=N–C) groups is 1. The summed E-state index contributed by atoms with van der Waals surface area (Å²) in [5.41, 5.74) is 5.22. The Morgan fingerprint density at radius 3 is 2.68 bits per heavy atom. The molecule has 0 bridgehead atoms. The third kappa shape index (κ3) is 3.96. The van der Waals surface area contributed by atoms with Gasteiger partial charge in [0.25, 0.3) is 0 Å². The van der Waals surface area contributed by atoms with Gasteiger partial charge in [-0.2, -0.15) is 5.26 Å². The van der Waals surface area contributed by atoms with Gasteiger partial charge in [0.05, 0.1) is 24.2 Å². The van der Waals surface area contributed by atoms with Crippen LogP contribution in [0.4, 0.5) is 0 Å². The molecule has 2 aromatic rings. The Balaban J connectivity index is 1.84. The number of nitriles is 1. The van der Waals surface area contributed by atoms with Gasteiger partial charge in [-0.15, -0.1) is 0 Å². The van der Waals surface area contributed by atoms with E-state index in [1.165, 1.54) is 16.0 Å². The highest BCUT2D eigenvalue weighted by atomic mass is 32.2. The molecule has 2 aliphatic rings. The van der Waals surface area contributed by atoms with E-state index in [1.54, 1.807) is 18.7 Å². The molecule has 0 aromatic heterocycles. The molecule has 2 heterocycles. The minimum Gasteiger partial charge on any atom is -0.463 e. The average molecular weight is 429 g/mol. The molecule has 0 aliphatic carbocycles. The smallest absolute Gasteiger partial charge is 0.336 e. The number of allylic oxidation sites excluding steroid dienone is 2. The van der Waals surface area contributed by atoms with Crippen LogP contribution in [0.3, 0.4) is 0 Å². The first-order valence-electron chi connectivity index (χ1n) is 10.4. The van der Waals surface area contributed by atoms with Crippen LogP contribution in [0.5, 0.6) is 0 Å². The Morgan fingerprint density at radius 2 is 1.97 bits per heavy atom. The number of fused-ring (bicyclic) bond motifs is 1. The number of nitrogens with zero attached hydrogens (tertiary/aromatic N) is 2. The van der Waals surface area contributed by atoms with Crippen LogP contribution in [-0.4, -0.2) is 18.3 Å². The van der Waals surface area contributed by atoms with Crippen molar-refractivity contribution in [2.24, 2.45) is 10.9 Å². The Bertz CT molecular complexity index is 1160. The van der Waals surface area contributed by atoms with Crippen LogP contribution >= 0.6 is 11.8 Å². The summed E-state index contributed by atoms with van der Waals surface area (Å²) < 4.78 is 5.37. The number of benzene rings is 2. The summed E-state index contributed by atoms with van der Waals surface area (Å²) >= 11 is 1.71. The minimum absolute atomic E-state index is 0.283. The molecule has 156 valence electrons. The van der Waals surface area contributed by atoms with E-state index < -0.39 is 17.8 Å². The van der Waals surface area contributed by atoms with Gasteiger partial charge in [0, 0.05) is 27.1 Å². The van der Waals surface area contributed by atoms with Crippen molar-refractivity contribution in [3.8, 4) is 6.07 Å². The Labute approximate surface area is 187 Å². The number of hydrogen-bond donors (Lipinski definition) is 0. The number of rotatable bonds is 4. The van der Waals surface area contributed by atoms with Gasteiger partial charge in [-0.05, 0) is 43.9 Å². The van der Waals surface area contributed by atoms with E-state index in [0.29, 0.717) is 11.3 Å². The fourth-order valence-electron chi connectivity index (χ4n) is 4.28.